The van der Waals surface area contributed by atoms with Crippen LogP contribution in [0.3, 0.4) is 0 Å². The number of para-hydroxylation sites is 1. The number of nitrogens with zero attached hydrogens (tertiary/aromatic N) is 3. The Morgan fingerprint density at radius 3 is 2.50 bits per heavy atom. The minimum Gasteiger partial charge on any atom is -0.334 e. The molecule has 0 aliphatic heterocycles. The summed E-state index contributed by atoms with van der Waals surface area (Å²) in [6.07, 6.45) is 6.58. The molecule has 2 aromatic carbocycles. The highest BCUT2D eigenvalue weighted by Crippen LogP contribution is 2.28. The molecule has 28 heavy (non-hydrogen) atoms. The van der Waals surface area contributed by atoms with Crippen LogP contribution in [0.2, 0.25) is 0 Å². The molecule has 1 N–H and O–H groups in total. The zero-order chi connectivity index (χ0) is 19.2. The molecule has 0 aliphatic rings. The summed E-state index contributed by atoms with van der Waals surface area (Å²) in [5.74, 6) is 0.544. The van der Waals surface area contributed by atoms with Gasteiger partial charge in [-0.15, -0.1) is 0 Å². The van der Waals surface area contributed by atoms with Gasteiger partial charge in [0.15, 0.2) is 0 Å². The maximum Gasteiger partial charge on any atom is 0.260 e. The van der Waals surface area contributed by atoms with E-state index in [2.05, 4.69) is 20.4 Å². The minimum atomic E-state index is -0.245. The Balaban J connectivity index is 1.55. The molecule has 6 heteroatoms. The first kappa shape index (κ1) is 17.4. The van der Waals surface area contributed by atoms with E-state index in [1.165, 1.54) is 6.08 Å². The van der Waals surface area contributed by atoms with Gasteiger partial charge in [-0.05, 0) is 35.9 Å². The second-order valence-electron chi connectivity index (χ2n) is 5.94. The van der Waals surface area contributed by atoms with Crippen LogP contribution in [0.1, 0.15) is 5.56 Å². The van der Waals surface area contributed by atoms with Crippen LogP contribution in [-0.4, -0.2) is 21.0 Å². The molecule has 0 fully saturated rings. The molecule has 4 rings (SSSR count). The number of amides is 1. The van der Waals surface area contributed by atoms with Crippen molar-refractivity contribution in [2.75, 3.05) is 5.32 Å². The SMILES string of the molecule is O=C(C=Cc1ccccc1)Nc1ccccc1-c1nc(-c2ccncc2)no1. The average molecular weight is 368 g/mol. The molecule has 0 unspecified atom stereocenters. The fourth-order valence-corrected chi connectivity index (χ4v) is 2.64. The van der Waals surface area contributed by atoms with Crippen LogP contribution in [0, 0.1) is 0 Å². The molecule has 2 heterocycles. The van der Waals surface area contributed by atoms with Gasteiger partial charge in [0.2, 0.25) is 11.7 Å². The molecule has 4 aromatic rings. The van der Waals surface area contributed by atoms with Crippen LogP contribution in [-0.2, 0) is 4.79 Å². The molecule has 0 saturated carbocycles. The van der Waals surface area contributed by atoms with Crippen molar-refractivity contribution in [3.8, 4) is 22.8 Å². The Bertz CT molecular complexity index is 1110. The molecule has 0 radical (unpaired) electrons. The van der Waals surface area contributed by atoms with E-state index >= 15 is 0 Å². The lowest BCUT2D eigenvalue weighted by Gasteiger charge is -2.06. The van der Waals surface area contributed by atoms with Gasteiger partial charge in [-0.1, -0.05) is 47.6 Å². The predicted molar refractivity (Wildman–Crippen MR) is 107 cm³/mol. The van der Waals surface area contributed by atoms with Crippen LogP contribution in [0.4, 0.5) is 5.69 Å². The van der Waals surface area contributed by atoms with Gasteiger partial charge in [0.25, 0.3) is 5.89 Å². The van der Waals surface area contributed by atoms with Crippen LogP contribution in [0.15, 0.2) is 89.7 Å². The Kier molecular flexibility index (Phi) is 5.02. The summed E-state index contributed by atoms with van der Waals surface area (Å²) in [5, 5.41) is 6.88. The predicted octanol–water partition coefficient (Wildman–Crippen LogP) is 4.45. The zero-order valence-corrected chi connectivity index (χ0v) is 14.8. The molecule has 136 valence electrons. The molecular weight excluding hydrogens is 352 g/mol. The Hall–Kier alpha value is -4.06. The van der Waals surface area contributed by atoms with Crippen LogP contribution in [0.5, 0.6) is 0 Å². The number of nitrogens with one attached hydrogen (secondary N) is 1. The smallest absolute Gasteiger partial charge is 0.260 e. The van der Waals surface area contributed by atoms with Gasteiger partial charge in [0, 0.05) is 24.0 Å². The molecule has 2 aromatic heterocycles. The first-order chi connectivity index (χ1) is 13.8. The lowest BCUT2D eigenvalue weighted by molar-refractivity contribution is -0.111. The van der Waals surface area contributed by atoms with Crippen molar-refractivity contribution in [3.05, 3.63) is 90.8 Å². The van der Waals surface area contributed by atoms with Crippen molar-refractivity contribution in [3.63, 3.8) is 0 Å². The summed E-state index contributed by atoms with van der Waals surface area (Å²) < 4.78 is 5.41. The van der Waals surface area contributed by atoms with Crippen LogP contribution < -0.4 is 5.32 Å². The van der Waals surface area contributed by atoms with Gasteiger partial charge >= 0.3 is 0 Å². The number of benzene rings is 2. The van der Waals surface area contributed by atoms with E-state index in [1.54, 1.807) is 36.7 Å². The average Bonchev–Trinajstić information content (AvgIpc) is 3.24. The summed E-state index contributed by atoms with van der Waals surface area (Å²) in [7, 11) is 0. The number of aromatic nitrogens is 3. The fourth-order valence-electron chi connectivity index (χ4n) is 2.64. The maximum atomic E-state index is 12.3. The first-order valence-electron chi connectivity index (χ1n) is 8.67. The van der Waals surface area contributed by atoms with E-state index in [0.29, 0.717) is 23.0 Å². The normalized spacial score (nSPS) is 10.9. The van der Waals surface area contributed by atoms with Gasteiger partial charge in [-0.3, -0.25) is 9.78 Å². The molecule has 0 spiro atoms. The summed E-state index contributed by atoms with van der Waals surface area (Å²) in [6, 6.07) is 20.5. The van der Waals surface area contributed by atoms with E-state index in [-0.39, 0.29) is 5.91 Å². The zero-order valence-electron chi connectivity index (χ0n) is 14.8. The topological polar surface area (TPSA) is 80.9 Å². The van der Waals surface area contributed by atoms with Crippen molar-refractivity contribution >= 4 is 17.7 Å². The third-order valence-electron chi connectivity index (χ3n) is 4.01. The van der Waals surface area contributed by atoms with Gasteiger partial charge in [-0.25, -0.2) is 0 Å². The molecule has 1 amide bonds. The van der Waals surface area contributed by atoms with Crippen molar-refractivity contribution in [1.82, 2.24) is 15.1 Å². The Morgan fingerprint density at radius 1 is 0.929 bits per heavy atom. The van der Waals surface area contributed by atoms with E-state index < -0.39 is 0 Å². The largest absolute Gasteiger partial charge is 0.334 e. The van der Waals surface area contributed by atoms with Crippen molar-refractivity contribution in [2.45, 2.75) is 0 Å². The van der Waals surface area contributed by atoms with Crippen molar-refractivity contribution < 1.29 is 9.32 Å². The summed E-state index contributed by atoms with van der Waals surface area (Å²) in [4.78, 5) is 20.7. The van der Waals surface area contributed by atoms with E-state index in [0.717, 1.165) is 11.1 Å². The quantitative estimate of drug-likeness (QED) is 0.526. The summed E-state index contributed by atoms with van der Waals surface area (Å²) in [6.45, 7) is 0. The number of rotatable bonds is 5. The minimum absolute atomic E-state index is 0.245. The number of carbonyl (C=O) groups excluding carboxylic acids is 1. The van der Waals surface area contributed by atoms with Crippen LogP contribution in [0.25, 0.3) is 28.9 Å². The highest BCUT2D eigenvalue weighted by molar-refractivity contribution is 6.03. The maximum absolute atomic E-state index is 12.3. The number of anilines is 1. The van der Waals surface area contributed by atoms with Crippen LogP contribution >= 0.6 is 0 Å². The first-order valence-corrected chi connectivity index (χ1v) is 8.67. The Labute approximate surface area is 161 Å². The van der Waals surface area contributed by atoms with Crippen molar-refractivity contribution in [1.29, 1.82) is 0 Å². The second-order valence-corrected chi connectivity index (χ2v) is 5.94. The molecule has 0 saturated heterocycles. The van der Waals surface area contributed by atoms with E-state index in [1.807, 2.05) is 48.5 Å². The van der Waals surface area contributed by atoms with Gasteiger partial charge < -0.3 is 9.84 Å². The lowest BCUT2D eigenvalue weighted by Crippen LogP contribution is -2.08. The second kappa shape index (κ2) is 8.09. The summed E-state index contributed by atoms with van der Waals surface area (Å²) in [5.41, 5.74) is 2.99. The van der Waals surface area contributed by atoms with Gasteiger partial charge in [0.05, 0.1) is 11.3 Å². The van der Waals surface area contributed by atoms with Gasteiger partial charge in [0.1, 0.15) is 0 Å². The highest BCUT2D eigenvalue weighted by atomic mass is 16.5. The number of pyridine rings is 1. The Morgan fingerprint density at radius 2 is 1.68 bits per heavy atom. The van der Waals surface area contributed by atoms with E-state index in [4.69, 9.17) is 4.52 Å². The lowest BCUT2D eigenvalue weighted by atomic mass is 10.1. The highest BCUT2D eigenvalue weighted by Gasteiger charge is 2.14. The molecule has 0 atom stereocenters. The third kappa shape index (κ3) is 4.02. The van der Waals surface area contributed by atoms with E-state index in [9.17, 15) is 4.79 Å². The standard InChI is InChI=1S/C22H16N4O2/c27-20(11-10-16-6-2-1-3-7-16)24-19-9-5-4-8-18(19)22-25-21(26-28-22)17-12-14-23-15-13-17/h1-15H,(H,24,27). The molecule has 0 bridgehead atoms. The number of hydrogen-bond acceptors (Lipinski definition) is 5. The fraction of sp³-hybridized carbons (Fsp3) is 0. The summed E-state index contributed by atoms with van der Waals surface area (Å²) >= 11 is 0. The number of carbonyl (C=O) groups is 1. The monoisotopic (exact) mass is 368 g/mol. The number of hydrogen-bond donors (Lipinski definition) is 1. The molecule has 0 aliphatic carbocycles. The van der Waals surface area contributed by atoms with Gasteiger partial charge in [-0.2, -0.15) is 4.98 Å². The molecular formula is C22H16N4O2. The van der Waals surface area contributed by atoms with Crippen molar-refractivity contribution in [2.24, 2.45) is 0 Å². The third-order valence-corrected chi connectivity index (χ3v) is 4.01. The molecule has 6 nitrogen and oxygen atoms in total.